The van der Waals surface area contributed by atoms with Crippen molar-refractivity contribution in [2.24, 2.45) is 5.41 Å². The standard InChI is InChI=1S/C24H26N.C11H8N.Ir/c1-17-8-6-9-18(2)23(17)21-12-13-25-22(15-21)20-11-7-10-19(14-20)16-24(3,4)5;1-2-6-10(7-3-1)11-8-4-5-9-12-11;/h6-10,12-15H,16H2,1-5H3;1-6,8-9H;/q2*-1;. The molecule has 0 unspecified atom stereocenters. The molecule has 0 aliphatic rings. The van der Waals surface area contributed by atoms with Gasteiger partial charge in [0.05, 0.1) is 0 Å². The molecular formula is C35H34IrN2-2. The van der Waals surface area contributed by atoms with Crippen molar-refractivity contribution in [3.05, 3.63) is 132 Å². The fourth-order valence-corrected chi connectivity index (χ4v) is 4.46. The third kappa shape index (κ3) is 8.05. The number of hydrogen-bond donors (Lipinski definition) is 0. The second-order valence-corrected chi connectivity index (χ2v) is 10.5. The molecule has 2 heterocycles. The quantitative estimate of drug-likeness (QED) is 0.178. The van der Waals surface area contributed by atoms with Crippen LogP contribution in [0.4, 0.5) is 0 Å². The molecule has 1 radical (unpaired) electrons. The van der Waals surface area contributed by atoms with Crippen molar-refractivity contribution in [1.82, 2.24) is 9.97 Å². The van der Waals surface area contributed by atoms with Gasteiger partial charge in [-0.15, -0.1) is 71.3 Å². The van der Waals surface area contributed by atoms with E-state index in [-0.39, 0.29) is 25.5 Å². The van der Waals surface area contributed by atoms with Crippen LogP contribution in [0.2, 0.25) is 0 Å². The van der Waals surface area contributed by atoms with E-state index in [1.54, 1.807) is 6.20 Å². The first-order valence-corrected chi connectivity index (χ1v) is 12.7. The Kier molecular flexibility index (Phi) is 10.3. The van der Waals surface area contributed by atoms with Gasteiger partial charge < -0.3 is 9.97 Å². The molecule has 0 saturated carbocycles. The van der Waals surface area contributed by atoms with E-state index in [1.807, 2.05) is 54.7 Å². The number of rotatable bonds is 4. The molecular weight excluding hydrogens is 641 g/mol. The zero-order valence-corrected chi connectivity index (χ0v) is 25.1. The monoisotopic (exact) mass is 675 g/mol. The van der Waals surface area contributed by atoms with Crippen molar-refractivity contribution in [2.75, 3.05) is 0 Å². The number of aromatic nitrogens is 2. The Morgan fingerprint density at radius 3 is 2.03 bits per heavy atom. The molecule has 2 nitrogen and oxygen atoms in total. The molecule has 195 valence electrons. The topological polar surface area (TPSA) is 25.8 Å². The van der Waals surface area contributed by atoms with E-state index < -0.39 is 0 Å². The van der Waals surface area contributed by atoms with Crippen molar-refractivity contribution >= 4 is 0 Å². The molecule has 0 N–H and O–H groups in total. The molecule has 3 heteroatoms. The summed E-state index contributed by atoms with van der Waals surface area (Å²) in [7, 11) is 0. The first-order chi connectivity index (χ1) is 17.8. The third-order valence-corrected chi connectivity index (χ3v) is 6.06. The summed E-state index contributed by atoms with van der Waals surface area (Å²) in [6.07, 6.45) is 4.74. The average molecular weight is 675 g/mol. The first kappa shape index (κ1) is 29.2. The van der Waals surface area contributed by atoms with Gasteiger partial charge in [-0.05, 0) is 71.5 Å². The summed E-state index contributed by atoms with van der Waals surface area (Å²) in [6.45, 7) is 11.1. The molecule has 0 amide bonds. The number of nitrogens with zero attached hydrogens (tertiary/aromatic N) is 2. The molecule has 0 aliphatic carbocycles. The van der Waals surface area contributed by atoms with Crippen LogP contribution < -0.4 is 0 Å². The fraction of sp³-hybridized carbons (Fsp3) is 0.200. The average Bonchev–Trinajstić information content (AvgIpc) is 2.89. The van der Waals surface area contributed by atoms with E-state index in [1.165, 1.54) is 27.8 Å². The number of hydrogen-bond acceptors (Lipinski definition) is 2. The van der Waals surface area contributed by atoms with Crippen molar-refractivity contribution < 1.29 is 20.1 Å². The van der Waals surface area contributed by atoms with Crippen molar-refractivity contribution in [3.8, 4) is 33.6 Å². The Hall–Kier alpha value is -3.39. The third-order valence-electron chi connectivity index (χ3n) is 6.06. The molecule has 0 spiro atoms. The normalized spacial score (nSPS) is 10.7. The molecule has 0 saturated heterocycles. The van der Waals surface area contributed by atoms with Gasteiger partial charge in [0.2, 0.25) is 0 Å². The van der Waals surface area contributed by atoms with E-state index >= 15 is 0 Å². The zero-order valence-electron chi connectivity index (χ0n) is 22.7. The van der Waals surface area contributed by atoms with Crippen LogP contribution in [-0.2, 0) is 26.5 Å². The van der Waals surface area contributed by atoms with Crippen LogP contribution >= 0.6 is 0 Å². The maximum Gasteiger partial charge on any atom is 0.0166 e. The van der Waals surface area contributed by atoms with E-state index in [9.17, 15) is 0 Å². The number of pyridine rings is 2. The summed E-state index contributed by atoms with van der Waals surface area (Å²) in [4.78, 5) is 8.82. The van der Waals surface area contributed by atoms with Crippen molar-refractivity contribution in [2.45, 2.75) is 41.0 Å². The van der Waals surface area contributed by atoms with Gasteiger partial charge in [-0.1, -0.05) is 57.2 Å². The molecule has 0 aliphatic heterocycles. The van der Waals surface area contributed by atoms with Crippen LogP contribution in [-0.4, -0.2) is 9.97 Å². The first-order valence-electron chi connectivity index (χ1n) is 12.7. The summed E-state index contributed by atoms with van der Waals surface area (Å²) in [5.41, 5.74) is 10.8. The second-order valence-electron chi connectivity index (χ2n) is 10.5. The molecule has 5 rings (SSSR count). The molecule has 2 aromatic heterocycles. The summed E-state index contributed by atoms with van der Waals surface area (Å²) in [6, 6.07) is 37.3. The van der Waals surface area contributed by atoms with Crippen molar-refractivity contribution in [1.29, 1.82) is 0 Å². The van der Waals surface area contributed by atoms with Gasteiger partial charge in [0.15, 0.2) is 0 Å². The number of aryl methyl sites for hydroxylation is 2. The van der Waals surface area contributed by atoms with E-state index in [4.69, 9.17) is 0 Å². The largest absolute Gasteiger partial charge is 0.305 e. The Balaban J connectivity index is 0.000000258. The molecule has 3 aromatic carbocycles. The molecule has 38 heavy (non-hydrogen) atoms. The van der Waals surface area contributed by atoms with Crippen LogP contribution in [0, 0.1) is 31.4 Å². The Morgan fingerprint density at radius 1 is 0.658 bits per heavy atom. The van der Waals surface area contributed by atoms with Crippen LogP contribution in [0.1, 0.15) is 37.5 Å². The maximum atomic E-state index is 4.60. The van der Waals surface area contributed by atoms with Gasteiger partial charge in [0.25, 0.3) is 0 Å². The summed E-state index contributed by atoms with van der Waals surface area (Å²) >= 11 is 0. The summed E-state index contributed by atoms with van der Waals surface area (Å²) in [5.74, 6) is 0. The molecule has 0 bridgehead atoms. The minimum atomic E-state index is 0. The van der Waals surface area contributed by atoms with Crippen LogP contribution in [0.15, 0.2) is 103 Å². The predicted octanol–water partition coefficient (Wildman–Crippen LogP) is 8.97. The fourth-order valence-electron chi connectivity index (χ4n) is 4.46. The van der Waals surface area contributed by atoms with Gasteiger partial charge in [-0.3, -0.25) is 0 Å². The predicted molar refractivity (Wildman–Crippen MR) is 155 cm³/mol. The molecule has 5 aromatic rings. The smallest absolute Gasteiger partial charge is 0.0166 e. The van der Waals surface area contributed by atoms with Crippen molar-refractivity contribution in [3.63, 3.8) is 0 Å². The molecule has 0 fully saturated rings. The number of benzene rings is 3. The van der Waals surface area contributed by atoms with Gasteiger partial charge in [0.1, 0.15) is 0 Å². The van der Waals surface area contributed by atoms with Crippen LogP contribution in [0.3, 0.4) is 0 Å². The summed E-state index contributed by atoms with van der Waals surface area (Å²) in [5, 5.41) is 0. The van der Waals surface area contributed by atoms with Crippen LogP contribution in [0.25, 0.3) is 33.6 Å². The van der Waals surface area contributed by atoms with Gasteiger partial charge in [-0.25, -0.2) is 0 Å². The van der Waals surface area contributed by atoms with Gasteiger partial charge in [-0.2, -0.15) is 0 Å². The Morgan fingerprint density at radius 2 is 1.37 bits per heavy atom. The summed E-state index contributed by atoms with van der Waals surface area (Å²) < 4.78 is 0. The van der Waals surface area contributed by atoms with Gasteiger partial charge in [0, 0.05) is 32.5 Å². The SMILES string of the molecule is Cc1cccc(C)c1-c1ccnc(-c2[c-]ccc(CC(C)(C)C)c2)c1.[Ir].[c-]1ccccc1-c1ccccn1. The van der Waals surface area contributed by atoms with Crippen LogP contribution in [0.5, 0.6) is 0 Å². The Labute approximate surface area is 241 Å². The minimum Gasteiger partial charge on any atom is -0.305 e. The van der Waals surface area contributed by atoms with E-state index in [0.717, 1.165) is 28.9 Å². The second kappa shape index (κ2) is 13.4. The van der Waals surface area contributed by atoms with E-state index in [2.05, 4.69) is 99.2 Å². The minimum absolute atomic E-state index is 0. The Bertz CT molecular complexity index is 1380. The van der Waals surface area contributed by atoms with Gasteiger partial charge >= 0.3 is 0 Å². The zero-order chi connectivity index (χ0) is 26.3. The molecule has 0 atom stereocenters. The van der Waals surface area contributed by atoms with E-state index in [0.29, 0.717) is 0 Å². The maximum absolute atomic E-state index is 4.60.